The molecule has 0 radical (unpaired) electrons. The molecule has 1 saturated heterocycles. The quantitative estimate of drug-likeness (QED) is 0.472. The highest BCUT2D eigenvalue weighted by Crippen LogP contribution is 2.35. The predicted octanol–water partition coefficient (Wildman–Crippen LogP) is 3.19. The van der Waals surface area contributed by atoms with Crippen molar-refractivity contribution in [2.24, 2.45) is 0 Å². The second kappa shape index (κ2) is 9.27. The molecule has 1 aliphatic rings. The highest BCUT2D eigenvalue weighted by Gasteiger charge is 2.29. The summed E-state index contributed by atoms with van der Waals surface area (Å²) in [6.07, 6.45) is 0. The Morgan fingerprint density at radius 2 is 1.72 bits per heavy atom. The molecule has 1 amide bonds. The molecule has 2 aromatic rings. The summed E-state index contributed by atoms with van der Waals surface area (Å²) in [5, 5.41) is 22.7. The number of methoxy groups -OCH3 is 1. The topological polar surface area (TPSA) is 122 Å². The van der Waals surface area contributed by atoms with Crippen LogP contribution in [0.1, 0.15) is 10.4 Å². The zero-order chi connectivity index (χ0) is 23.6. The molecule has 0 atom stereocenters. The van der Waals surface area contributed by atoms with Gasteiger partial charge in [-0.3, -0.25) is 25.0 Å². The maximum atomic E-state index is 13.2. The van der Waals surface area contributed by atoms with Gasteiger partial charge in [0.25, 0.3) is 17.3 Å². The Morgan fingerprint density at radius 1 is 1.06 bits per heavy atom. The van der Waals surface area contributed by atoms with Crippen LogP contribution in [0.4, 0.5) is 22.7 Å². The number of amides is 1. The summed E-state index contributed by atoms with van der Waals surface area (Å²) in [4.78, 5) is 39.7. The van der Waals surface area contributed by atoms with E-state index in [0.717, 1.165) is 0 Å². The lowest BCUT2D eigenvalue weighted by atomic mass is 10.1. The van der Waals surface area contributed by atoms with E-state index in [1.807, 2.05) is 4.90 Å². The van der Waals surface area contributed by atoms with Crippen LogP contribution in [-0.4, -0.2) is 68.0 Å². The number of piperazine rings is 1. The Kier molecular flexibility index (Phi) is 6.68. The van der Waals surface area contributed by atoms with Crippen molar-refractivity contribution in [1.82, 2.24) is 4.90 Å². The number of hydrogen-bond donors (Lipinski definition) is 0. The standard InChI is InChI=1S/C20H22ClN5O6/c1-22(2)17-12-19(32-3)14(11-18(17)26(30)31)20(27)24-8-6-23(7-9-24)16-5-4-13(25(28)29)10-15(16)21/h4-5,10-12H,6-9H2,1-3H3. The molecule has 11 nitrogen and oxygen atoms in total. The van der Waals surface area contributed by atoms with Gasteiger partial charge in [-0.05, 0) is 6.07 Å². The van der Waals surface area contributed by atoms with Gasteiger partial charge >= 0.3 is 0 Å². The second-order valence-corrected chi connectivity index (χ2v) is 7.77. The summed E-state index contributed by atoms with van der Waals surface area (Å²) in [5.41, 5.74) is 0.818. The minimum Gasteiger partial charge on any atom is -0.496 e. The number of nitro groups is 2. The average Bonchev–Trinajstić information content (AvgIpc) is 2.77. The molecule has 0 aromatic heterocycles. The largest absolute Gasteiger partial charge is 0.496 e. The Morgan fingerprint density at radius 3 is 2.22 bits per heavy atom. The molecule has 0 N–H and O–H groups in total. The first-order chi connectivity index (χ1) is 15.1. The molecule has 170 valence electrons. The van der Waals surface area contributed by atoms with E-state index < -0.39 is 9.85 Å². The van der Waals surface area contributed by atoms with Gasteiger partial charge in [0.2, 0.25) is 0 Å². The molecule has 2 aromatic carbocycles. The van der Waals surface area contributed by atoms with E-state index in [2.05, 4.69) is 0 Å². The number of rotatable bonds is 6. The number of halogens is 1. The molecule has 0 saturated carbocycles. The third-order valence-electron chi connectivity index (χ3n) is 5.26. The average molecular weight is 464 g/mol. The fraction of sp³-hybridized carbons (Fsp3) is 0.350. The van der Waals surface area contributed by atoms with Gasteiger partial charge in [-0.15, -0.1) is 0 Å². The molecule has 1 aliphatic heterocycles. The number of ether oxygens (including phenoxy) is 1. The minimum absolute atomic E-state index is 0.0950. The minimum atomic E-state index is -0.528. The van der Waals surface area contributed by atoms with Gasteiger partial charge in [-0.25, -0.2) is 0 Å². The van der Waals surface area contributed by atoms with Crippen LogP contribution in [0, 0.1) is 20.2 Å². The smallest absolute Gasteiger partial charge is 0.293 e. The first-order valence-electron chi connectivity index (χ1n) is 9.66. The van der Waals surface area contributed by atoms with Crippen molar-refractivity contribution in [3.63, 3.8) is 0 Å². The Balaban J connectivity index is 1.80. The predicted molar refractivity (Wildman–Crippen MR) is 120 cm³/mol. The monoisotopic (exact) mass is 463 g/mol. The highest BCUT2D eigenvalue weighted by atomic mass is 35.5. The second-order valence-electron chi connectivity index (χ2n) is 7.36. The molecule has 0 spiro atoms. The van der Waals surface area contributed by atoms with Gasteiger partial charge in [0.15, 0.2) is 0 Å². The van der Waals surface area contributed by atoms with Crippen LogP contribution >= 0.6 is 11.6 Å². The van der Waals surface area contributed by atoms with E-state index >= 15 is 0 Å². The van der Waals surface area contributed by atoms with Crippen LogP contribution in [0.25, 0.3) is 0 Å². The Bertz CT molecular complexity index is 1070. The molecule has 1 heterocycles. The SMILES string of the molecule is COc1cc(N(C)C)c([N+](=O)[O-])cc1C(=O)N1CCN(c2ccc([N+](=O)[O-])cc2Cl)CC1. The van der Waals surface area contributed by atoms with Crippen molar-refractivity contribution in [3.8, 4) is 5.75 Å². The third kappa shape index (κ3) is 4.52. The number of anilines is 2. The third-order valence-corrected chi connectivity index (χ3v) is 5.56. The van der Waals surface area contributed by atoms with Crippen molar-refractivity contribution in [2.75, 3.05) is 57.2 Å². The van der Waals surface area contributed by atoms with Gasteiger partial charge in [-0.1, -0.05) is 11.6 Å². The van der Waals surface area contributed by atoms with E-state index in [1.165, 1.54) is 31.4 Å². The molecule has 0 bridgehead atoms. The fourth-order valence-electron chi connectivity index (χ4n) is 3.58. The number of non-ortho nitro benzene ring substituents is 1. The lowest BCUT2D eigenvalue weighted by Gasteiger charge is -2.36. The number of carbonyl (C=O) groups is 1. The lowest BCUT2D eigenvalue weighted by molar-refractivity contribution is -0.384. The summed E-state index contributed by atoms with van der Waals surface area (Å²) in [6, 6.07) is 7.00. The van der Waals surface area contributed by atoms with Crippen molar-refractivity contribution in [1.29, 1.82) is 0 Å². The van der Waals surface area contributed by atoms with Gasteiger partial charge in [0, 0.05) is 64.5 Å². The number of carbonyl (C=O) groups excluding carboxylic acids is 1. The first kappa shape index (κ1) is 23.1. The van der Waals surface area contributed by atoms with Crippen LogP contribution in [0.3, 0.4) is 0 Å². The van der Waals surface area contributed by atoms with Gasteiger partial charge < -0.3 is 19.4 Å². The molecule has 32 heavy (non-hydrogen) atoms. The van der Waals surface area contributed by atoms with Crippen LogP contribution in [0.2, 0.25) is 5.02 Å². The number of nitrogens with zero attached hydrogens (tertiary/aromatic N) is 5. The van der Waals surface area contributed by atoms with E-state index in [0.29, 0.717) is 37.6 Å². The maximum Gasteiger partial charge on any atom is 0.293 e. The van der Waals surface area contributed by atoms with Crippen molar-refractivity contribution >= 4 is 40.3 Å². The fourth-order valence-corrected chi connectivity index (χ4v) is 3.88. The van der Waals surface area contributed by atoms with Crippen LogP contribution in [0.15, 0.2) is 30.3 Å². The summed E-state index contributed by atoms with van der Waals surface area (Å²) in [6.45, 7) is 1.59. The van der Waals surface area contributed by atoms with Gasteiger partial charge in [-0.2, -0.15) is 0 Å². The number of hydrogen-bond acceptors (Lipinski definition) is 8. The van der Waals surface area contributed by atoms with Crippen LogP contribution in [-0.2, 0) is 0 Å². The Labute approximate surface area is 189 Å². The molecule has 0 aliphatic carbocycles. The van der Waals surface area contributed by atoms with E-state index in [1.54, 1.807) is 30.0 Å². The van der Waals surface area contributed by atoms with Crippen molar-refractivity contribution in [3.05, 3.63) is 61.1 Å². The van der Waals surface area contributed by atoms with Crippen LogP contribution < -0.4 is 14.5 Å². The van der Waals surface area contributed by atoms with E-state index in [-0.39, 0.29) is 33.6 Å². The zero-order valence-corrected chi connectivity index (χ0v) is 18.5. The summed E-state index contributed by atoms with van der Waals surface area (Å²) < 4.78 is 5.34. The molecule has 3 rings (SSSR count). The molecule has 0 unspecified atom stereocenters. The first-order valence-corrected chi connectivity index (χ1v) is 10.0. The normalized spacial score (nSPS) is 13.6. The van der Waals surface area contributed by atoms with Gasteiger partial charge in [0.1, 0.15) is 11.4 Å². The zero-order valence-electron chi connectivity index (χ0n) is 17.8. The number of nitro benzene ring substituents is 2. The van der Waals surface area contributed by atoms with Crippen molar-refractivity contribution in [2.45, 2.75) is 0 Å². The van der Waals surface area contributed by atoms with Crippen molar-refractivity contribution < 1.29 is 19.4 Å². The van der Waals surface area contributed by atoms with E-state index in [4.69, 9.17) is 16.3 Å². The molecular weight excluding hydrogens is 442 g/mol. The van der Waals surface area contributed by atoms with E-state index in [9.17, 15) is 25.0 Å². The molecule has 1 fully saturated rings. The molecular formula is C20H22ClN5O6. The van der Waals surface area contributed by atoms with Crippen LogP contribution in [0.5, 0.6) is 5.75 Å². The highest BCUT2D eigenvalue weighted by molar-refractivity contribution is 6.33. The summed E-state index contributed by atoms with van der Waals surface area (Å²) in [5.74, 6) is -0.116. The lowest BCUT2D eigenvalue weighted by Crippen LogP contribution is -2.49. The summed E-state index contributed by atoms with van der Waals surface area (Å²) in [7, 11) is 4.75. The van der Waals surface area contributed by atoms with Gasteiger partial charge in [0.05, 0.1) is 33.2 Å². The Hall–Kier alpha value is -3.60. The molecule has 12 heteroatoms. The summed E-state index contributed by atoms with van der Waals surface area (Å²) >= 11 is 6.22. The maximum absolute atomic E-state index is 13.2. The number of benzene rings is 2.